The van der Waals surface area contributed by atoms with Crippen LogP contribution in [-0.2, 0) is 0 Å². The summed E-state index contributed by atoms with van der Waals surface area (Å²) in [5, 5.41) is -0.452. The number of halogens is 1. The van der Waals surface area contributed by atoms with Crippen LogP contribution in [0.15, 0.2) is 24.3 Å². The SMILES string of the molecule is O=C(Cl)c1cccc(OCN2CCCC2)c1. The predicted octanol–water partition coefficient (Wildman–Crippen LogP) is 2.50. The van der Waals surface area contributed by atoms with Gasteiger partial charge in [-0.15, -0.1) is 0 Å². The molecule has 1 aliphatic rings. The smallest absolute Gasteiger partial charge is 0.252 e. The van der Waals surface area contributed by atoms with Gasteiger partial charge >= 0.3 is 0 Å². The van der Waals surface area contributed by atoms with Crippen molar-refractivity contribution in [2.45, 2.75) is 12.8 Å². The summed E-state index contributed by atoms with van der Waals surface area (Å²) in [6.07, 6.45) is 2.48. The molecule has 0 spiro atoms. The van der Waals surface area contributed by atoms with Crippen LogP contribution in [0.25, 0.3) is 0 Å². The largest absolute Gasteiger partial charge is 0.478 e. The third-order valence-electron chi connectivity index (χ3n) is 2.67. The van der Waals surface area contributed by atoms with Crippen molar-refractivity contribution in [2.75, 3.05) is 19.8 Å². The summed E-state index contributed by atoms with van der Waals surface area (Å²) < 4.78 is 5.60. The Balaban J connectivity index is 1.93. The zero-order valence-electron chi connectivity index (χ0n) is 8.99. The lowest BCUT2D eigenvalue weighted by Crippen LogP contribution is -2.24. The van der Waals surface area contributed by atoms with Crippen LogP contribution in [0.3, 0.4) is 0 Å². The standard InChI is InChI=1S/C12H14ClNO2/c13-12(15)10-4-3-5-11(8-10)16-9-14-6-1-2-7-14/h3-5,8H,1-2,6-7,9H2. The van der Waals surface area contributed by atoms with E-state index in [2.05, 4.69) is 4.90 Å². The van der Waals surface area contributed by atoms with Crippen LogP contribution in [0.4, 0.5) is 0 Å². The average molecular weight is 240 g/mol. The molecule has 0 aromatic heterocycles. The molecule has 0 bridgehead atoms. The third-order valence-corrected chi connectivity index (χ3v) is 2.89. The second kappa shape index (κ2) is 5.32. The first kappa shape index (κ1) is 11.4. The molecular weight excluding hydrogens is 226 g/mol. The topological polar surface area (TPSA) is 29.5 Å². The molecule has 2 rings (SSSR count). The van der Waals surface area contributed by atoms with Gasteiger partial charge in [0.15, 0.2) is 0 Å². The van der Waals surface area contributed by atoms with Crippen LogP contribution in [-0.4, -0.2) is 30.0 Å². The minimum absolute atomic E-state index is 0.452. The van der Waals surface area contributed by atoms with Gasteiger partial charge < -0.3 is 4.74 Å². The normalized spacial score (nSPS) is 16.3. The zero-order valence-corrected chi connectivity index (χ0v) is 9.74. The number of carbonyl (C=O) groups is 1. The van der Waals surface area contributed by atoms with Gasteiger partial charge in [-0.2, -0.15) is 0 Å². The number of likely N-dealkylation sites (tertiary alicyclic amines) is 1. The molecule has 1 heterocycles. The maximum Gasteiger partial charge on any atom is 0.252 e. The van der Waals surface area contributed by atoms with Crippen molar-refractivity contribution in [3.05, 3.63) is 29.8 Å². The van der Waals surface area contributed by atoms with Crippen LogP contribution < -0.4 is 4.74 Å². The molecule has 0 atom stereocenters. The molecule has 86 valence electrons. The number of ether oxygens (including phenoxy) is 1. The first-order valence-corrected chi connectivity index (χ1v) is 5.78. The Morgan fingerprint density at radius 3 is 2.81 bits per heavy atom. The van der Waals surface area contributed by atoms with Crippen molar-refractivity contribution in [3.63, 3.8) is 0 Å². The minimum Gasteiger partial charge on any atom is -0.478 e. The minimum atomic E-state index is -0.452. The first-order valence-electron chi connectivity index (χ1n) is 5.41. The molecule has 1 aromatic carbocycles. The van der Waals surface area contributed by atoms with Gasteiger partial charge in [0, 0.05) is 18.7 Å². The number of hydrogen-bond donors (Lipinski definition) is 0. The monoisotopic (exact) mass is 239 g/mol. The van der Waals surface area contributed by atoms with Crippen molar-refractivity contribution < 1.29 is 9.53 Å². The highest BCUT2D eigenvalue weighted by atomic mass is 35.5. The predicted molar refractivity (Wildman–Crippen MR) is 62.9 cm³/mol. The van der Waals surface area contributed by atoms with E-state index >= 15 is 0 Å². The van der Waals surface area contributed by atoms with E-state index < -0.39 is 5.24 Å². The summed E-state index contributed by atoms with van der Waals surface area (Å²) in [4.78, 5) is 13.2. The van der Waals surface area contributed by atoms with E-state index in [9.17, 15) is 4.79 Å². The van der Waals surface area contributed by atoms with Crippen LogP contribution >= 0.6 is 11.6 Å². The Kier molecular flexibility index (Phi) is 3.80. The van der Waals surface area contributed by atoms with Crippen LogP contribution in [0.1, 0.15) is 23.2 Å². The van der Waals surface area contributed by atoms with Crippen molar-refractivity contribution in [3.8, 4) is 5.75 Å². The second-order valence-corrected chi connectivity index (χ2v) is 4.24. The van der Waals surface area contributed by atoms with Crippen LogP contribution in [0.2, 0.25) is 0 Å². The molecule has 0 unspecified atom stereocenters. The van der Waals surface area contributed by atoms with Gasteiger partial charge in [0.2, 0.25) is 0 Å². The van der Waals surface area contributed by atoms with Gasteiger partial charge in [-0.05, 0) is 42.6 Å². The average Bonchev–Trinajstić information content (AvgIpc) is 2.79. The fourth-order valence-electron chi connectivity index (χ4n) is 1.79. The summed E-state index contributed by atoms with van der Waals surface area (Å²) in [5.41, 5.74) is 0.473. The lowest BCUT2D eigenvalue weighted by molar-refractivity contribution is 0.108. The van der Waals surface area contributed by atoms with Gasteiger partial charge in [-0.1, -0.05) is 6.07 Å². The number of carbonyl (C=O) groups excluding carboxylic acids is 1. The van der Waals surface area contributed by atoms with Gasteiger partial charge in [0.05, 0.1) is 0 Å². The molecule has 16 heavy (non-hydrogen) atoms. The van der Waals surface area contributed by atoms with E-state index in [1.54, 1.807) is 18.2 Å². The first-order chi connectivity index (χ1) is 7.75. The molecule has 1 saturated heterocycles. The fraction of sp³-hybridized carbons (Fsp3) is 0.417. The highest BCUT2D eigenvalue weighted by Crippen LogP contribution is 2.16. The van der Waals surface area contributed by atoms with E-state index in [1.165, 1.54) is 12.8 Å². The number of benzene rings is 1. The molecule has 1 aliphatic heterocycles. The van der Waals surface area contributed by atoms with E-state index in [0.717, 1.165) is 13.1 Å². The Bertz CT molecular complexity index is 375. The van der Waals surface area contributed by atoms with Crippen molar-refractivity contribution in [1.29, 1.82) is 0 Å². The Morgan fingerprint density at radius 2 is 2.12 bits per heavy atom. The fourth-order valence-corrected chi connectivity index (χ4v) is 1.90. The number of rotatable bonds is 4. The molecule has 0 aliphatic carbocycles. The third kappa shape index (κ3) is 2.97. The van der Waals surface area contributed by atoms with Crippen molar-refractivity contribution in [1.82, 2.24) is 4.90 Å². The lowest BCUT2D eigenvalue weighted by Gasteiger charge is -2.15. The molecule has 0 amide bonds. The van der Waals surface area contributed by atoms with E-state index in [1.807, 2.05) is 6.07 Å². The Labute approximate surface area is 100.0 Å². The molecule has 0 radical (unpaired) electrons. The van der Waals surface area contributed by atoms with Gasteiger partial charge in [0.25, 0.3) is 5.24 Å². The maximum atomic E-state index is 11.0. The number of nitrogens with zero attached hydrogens (tertiary/aromatic N) is 1. The molecule has 1 aromatic rings. The van der Waals surface area contributed by atoms with Gasteiger partial charge in [0.1, 0.15) is 12.5 Å². The van der Waals surface area contributed by atoms with Crippen molar-refractivity contribution >= 4 is 16.8 Å². The molecular formula is C12H14ClNO2. The van der Waals surface area contributed by atoms with E-state index in [0.29, 0.717) is 18.0 Å². The van der Waals surface area contributed by atoms with Crippen molar-refractivity contribution in [2.24, 2.45) is 0 Å². The summed E-state index contributed by atoms with van der Waals surface area (Å²) in [5.74, 6) is 0.693. The Morgan fingerprint density at radius 1 is 1.38 bits per heavy atom. The summed E-state index contributed by atoms with van der Waals surface area (Å²) in [6.45, 7) is 2.77. The quantitative estimate of drug-likeness (QED) is 0.756. The summed E-state index contributed by atoms with van der Waals surface area (Å²) >= 11 is 5.40. The van der Waals surface area contributed by atoms with Crippen LogP contribution in [0, 0.1) is 0 Å². The molecule has 0 N–H and O–H groups in total. The van der Waals surface area contributed by atoms with Crippen LogP contribution in [0.5, 0.6) is 5.75 Å². The number of hydrogen-bond acceptors (Lipinski definition) is 3. The van der Waals surface area contributed by atoms with E-state index in [-0.39, 0.29) is 0 Å². The maximum absolute atomic E-state index is 11.0. The molecule has 1 fully saturated rings. The molecule has 0 saturated carbocycles. The van der Waals surface area contributed by atoms with Gasteiger partial charge in [-0.25, -0.2) is 0 Å². The highest BCUT2D eigenvalue weighted by Gasteiger charge is 2.11. The van der Waals surface area contributed by atoms with Gasteiger partial charge in [-0.3, -0.25) is 9.69 Å². The van der Waals surface area contributed by atoms with E-state index in [4.69, 9.17) is 16.3 Å². The lowest BCUT2D eigenvalue weighted by atomic mass is 10.2. The summed E-state index contributed by atoms with van der Waals surface area (Å²) in [6, 6.07) is 6.96. The highest BCUT2D eigenvalue weighted by molar-refractivity contribution is 6.67. The molecule has 4 heteroatoms. The Hall–Kier alpha value is -1.06. The second-order valence-electron chi connectivity index (χ2n) is 3.90. The molecule has 3 nitrogen and oxygen atoms in total. The zero-order chi connectivity index (χ0) is 11.4. The summed E-state index contributed by atoms with van der Waals surface area (Å²) in [7, 11) is 0.